The molecule has 18 nitrogen and oxygen atoms in total. The predicted octanol–water partition coefficient (Wildman–Crippen LogP) is -8.30. The summed E-state index contributed by atoms with van der Waals surface area (Å²) in [6.45, 7) is 1.88. The van der Waals surface area contributed by atoms with Gasteiger partial charge in [-0.05, 0) is 52.3 Å². The second kappa shape index (κ2) is 23.3. The van der Waals surface area contributed by atoms with Crippen LogP contribution < -0.4 is 131 Å². The van der Waals surface area contributed by atoms with Gasteiger partial charge in [-0.2, -0.15) is 0 Å². The van der Waals surface area contributed by atoms with E-state index in [9.17, 15) is 29.4 Å². The molecule has 254 valence electrons. The molecule has 20 heteroatoms. The van der Waals surface area contributed by atoms with Crippen molar-refractivity contribution in [1.29, 1.82) is 0 Å². The van der Waals surface area contributed by atoms with E-state index in [1.807, 2.05) is 0 Å². The number of hydrogen-bond acceptors (Lipinski definition) is 11. The third-order valence-electron chi connectivity index (χ3n) is 6.26. The van der Waals surface area contributed by atoms with E-state index in [0.717, 1.165) is 23.0 Å². The Balaban J connectivity index is -0.000000840. The molecule has 0 saturated heterocycles. The van der Waals surface area contributed by atoms with Gasteiger partial charge in [0.2, 0.25) is 0 Å². The molecule has 0 aliphatic carbocycles. The van der Waals surface area contributed by atoms with Crippen LogP contribution in [0, 0.1) is 0 Å². The molecule has 0 aromatic carbocycles. The fraction of sp³-hybridized carbons (Fsp3) is 0.593. The first-order valence-electron chi connectivity index (χ1n) is 16.7. The zero-order chi connectivity index (χ0) is 39.4. The van der Waals surface area contributed by atoms with E-state index in [2.05, 4.69) is 14.9 Å². The van der Waals surface area contributed by atoms with E-state index in [4.69, 9.17) is 19.6 Å². The molecule has 0 aliphatic heterocycles. The first kappa shape index (κ1) is 35.7. The molecular weight excluding hydrogens is 675 g/mol. The van der Waals surface area contributed by atoms with E-state index in [1.165, 1.54) is 45.7 Å². The molecule has 0 radical (unpaired) electrons. The number of hydrogen-bond donors (Lipinski definition) is 2. The number of aryl methyl sites for hydroxylation is 4. The van der Waals surface area contributed by atoms with Gasteiger partial charge >= 0.3 is 114 Å². The van der Waals surface area contributed by atoms with Gasteiger partial charge in [0.1, 0.15) is 1.37 Å². The van der Waals surface area contributed by atoms with Gasteiger partial charge in [0.25, 0.3) is 17.6 Å². The van der Waals surface area contributed by atoms with E-state index in [-0.39, 0.29) is 172 Å². The van der Waals surface area contributed by atoms with Crippen LogP contribution in [0.3, 0.4) is 0 Å². The number of fused-ring (bicyclic) bond motifs is 2. The number of nitrogens with zero attached hydrogens (tertiary/aromatic N) is 8. The van der Waals surface area contributed by atoms with Gasteiger partial charge in [0, 0.05) is 46.8 Å². The number of carbonyl (C=O) groups excluding carboxylic acids is 1. The molecule has 47 heavy (non-hydrogen) atoms. The smallest absolute Gasteiger partial charge is 1.00 e. The number of aromatic nitrogens is 8. The Morgan fingerprint density at radius 3 is 1.64 bits per heavy atom. The van der Waals surface area contributed by atoms with Gasteiger partial charge in [0.15, 0.2) is 22.3 Å². The maximum absolute atomic E-state index is 12.5. The minimum absolute atomic E-state index is 0. The van der Waals surface area contributed by atoms with Crippen molar-refractivity contribution in [2.24, 2.45) is 28.2 Å². The van der Waals surface area contributed by atoms with Crippen LogP contribution in [-0.4, -0.2) is 71.7 Å². The second-order valence-electron chi connectivity index (χ2n) is 9.49. The Morgan fingerprint density at radius 2 is 1.26 bits per heavy atom. The zero-order valence-corrected chi connectivity index (χ0v) is 34.0. The molecular formula is C27H44K2N8O10. The van der Waals surface area contributed by atoms with Gasteiger partial charge in [0.05, 0.1) is 27.5 Å². The second-order valence-corrected chi connectivity index (χ2v) is 9.49. The topological polar surface area (TPSA) is 245 Å². The van der Waals surface area contributed by atoms with Crippen molar-refractivity contribution in [3.63, 3.8) is 0 Å². The summed E-state index contributed by atoms with van der Waals surface area (Å²) in [5, 5.41) is 27.4. The van der Waals surface area contributed by atoms with Crippen molar-refractivity contribution in [2.45, 2.75) is 77.5 Å². The standard InChI is InChI=1S/2C13H20N4O3.CH2O3.2K.H2O.H/c2*1-9(18)6-4-5-7-17-12(19)10-11(14-8-15(10)2)16(3)13(17)20;2-1-4-3;;;;/h2*8-9,18H,4-7H2,1-3H3;1,3H;;;1H2;/q;;;2*+1;;-1/p-1/i6D2,8D,9D;6D2,9D;;;;;. The number of rotatable bonds is 11. The summed E-state index contributed by atoms with van der Waals surface area (Å²) in [5.41, 5.74) is -1.38. The van der Waals surface area contributed by atoms with Crippen LogP contribution in [0.5, 0.6) is 0 Å². The van der Waals surface area contributed by atoms with E-state index >= 15 is 0 Å². The molecule has 2 atom stereocenters. The number of imidazole rings is 2. The summed E-state index contributed by atoms with van der Waals surface area (Å²) < 4.78 is 60.4. The van der Waals surface area contributed by atoms with E-state index < -0.39 is 47.4 Å². The summed E-state index contributed by atoms with van der Waals surface area (Å²) in [7, 11) is 6.12. The van der Waals surface area contributed by atoms with Gasteiger partial charge in [-0.3, -0.25) is 32.7 Å². The molecule has 0 bridgehead atoms. The van der Waals surface area contributed by atoms with Crippen LogP contribution >= 0.6 is 0 Å². The van der Waals surface area contributed by atoms with Gasteiger partial charge in [-0.15, -0.1) is 0 Å². The number of aliphatic hydroxyl groups is 2. The van der Waals surface area contributed by atoms with Crippen molar-refractivity contribution in [3.05, 3.63) is 54.3 Å². The molecule has 0 fully saturated rings. The van der Waals surface area contributed by atoms with Crippen LogP contribution in [0.2, 0.25) is 0 Å². The first-order chi connectivity index (χ1) is 23.3. The Bertz CT molecular complexity index is 2120. The summed E-state index contributed by atoms with van der Waals surface area (Å²) in [4.78, 5) is 68.7. The SMILES string of the molecule is O.O=CO[O-].[2H]C(C)(O)C([2H])([2H])CCCn1c(=O)c2c(ncn2C)n(C)c1=O.[2H]c1nc2c(c(=O)n(CCCC([2H])([2H])C([2H])(C)O)c(=O)n2C)n1C.[H-].[K+].[K+]. The largest absolute Gasteiger partial charge is 1.00 e. The quantitative estimate of drug-likeness (QED) is 0.0636. The average molecular weight is 726 g/mol. The molecule has 4 aromatic heterocycles. The summed E-state index contributed by atoms with van der Waals surface area (Å²) in [6, 6.07) is 0. The van der Waals surface area contributed by atoms with E-state index in [0.29, 0.717) is 11.2 Å². The Kier molecular flexibility index (Phi) is 17.7. The Labute approximate surface area is 366 Å². The third kappa shape index (κ3) is 12.9. The fourth-order valence-corrected chi connectivity index (χ4v) is 4.14. The van der Waals surface area contributed by atoms with Crippen LogP contribution in [-0.2, 0) is 51.0 Å². The summed E-state index contributed by atoms with van der Waals surface area (Å²) in [6.07, 6.45) is -7.62. The number of carbonyl (C=O) groups is 1. The molecule has 0 saturated carbocycles. The summed E-state index contributed by atoms with van der Waals surface area (Å²) >= 11 is 0. The zero-order valence-electron chi connectivity index (χ0n) is 35.7. The minimum Gasteiger partial charge on any atom is -1.00 e. The summed E-state index contributed by atoms with van der Waals surface area (Å²) in [5.74, 6) is 0. The normalized spacial score (nSPS) is 15.6. The predicted molar refractivity (Wildman–Crippen MR) is 163 cm³/mol. The van der Waals surface area contributed by atoms with E-state index in [1.54, 1.807) is 7.05 Å². The fourth-order valence-electron chi connectivity index (χ4n) is 4.14. The van der Waals surface area contributed by atoms with Crippen molar-refractivity contribution >= 4 is 28.8 Å². The molecule has 0 amide bonds. The first-order valence-corrected chi connectivity index (χ1v) is 13.2. The molecule has 0 aliphatic rings. The molecule has 4 N–H and O–H groups in total. The Morgan fingerprint density at radius 1 is 0.872 bits per heavy atom. The minimum atomic E-state index is -2.27. The maximum Gasteiger partial charge on any atom is 1.00 e. The van der Waals surface area contributed by atoms with Gasteiger partial charge < -0.3 is 36.4 Å². The van der Waals surface area contributed by atoms with Crippen LogP contribution in [0.25, 0.3) is 22.3 Å². The molecule has 4 heterocycles. The van der Waals surface area contributed by atoms with Crippen molar-refractivity contribution in [2.75, 3.05) is 0 Å². The van der Waals surface area contributed by atoms with Crippen molar-refractivity contribution in [3.8, 4) is 0 Å². The molecule has 4 rings (SSSR count). The third-order valence-corrected chi connectivity index (χ3v) is 6.26. The van der Waals surface area contributed by atoms with Crippen LogP contribution in [0.4, 0.5) is 0 Å². The average Bonchev–Trinajstić information content (AvgIpc) is 3.56. The Hall–Kier alpha value is -1.12. The van der Waals surface area contributed by atoms with Gasteiger partial charge in [-0.25, -0.2) is 19.6 Å². The molecule has 2 unspecified atom stereocenters. The van der Waals surface area contributed by atoms with Crippen LogP contribution in [0.15, 0.2) is 31.8 Å². The molecule has 0 spiro atoms. The van der Waals surface area contributed by atoms with Crippen molar-refractivity contribution in [1.82, 2.24) is 37.4 Å². The van der Waals surface area contributed by atoms with Crippen molar-refractivity contribution < 1.29 is 144 Å². The maximum atomic E-state index is 12.5. The van der Waals surface area contributed by atoms with Gasteiger partial charge in [-0.1, -0.05) is 0 Å². The van der Waals surface area contributed by atoms with Crippen LogP contribution in [0.1, 0.15) is 63.3 Å². The molecule has 4 aromatic rings. The monoisotopic (exact) mass is 725 g/mol.